The molecule has 2 aromatic heterocycles. The van der Waals surface area contributed by atoms with Crippen LogP contribution >= 0.6 is 0 Å². The van der Waals surface area contributed by atoms with Gasteiger partial charge in [-0.2, -0.15) is 5.10 Å². The van der Waals surface area contributed by atoms with E-state index in [1.807, 2.05) is 42.5 Å². The minimum Gasteiger partial charge on any atom is -0.388 e. The van der Waals surface area contributed by atoms with E-state index in [1.54, 1.807) is 6.20 Å². The van der Waals surface area contributed by atoms with Crippen molar-refractivity contribution in [2.75, 3.05) is 23.7 Å². The number of hydrogen-bond acceptors (Lipinski definition) is 6. The lowest BCUT2D eigenvalue weighted by molar-refractivity contribution is 0.153. The summed E-state index contributed by atoms with van der Waals surface area (Å²) < 4.78 is 0. The SMILES string of the molecule is OC(c1ccc(NCCNc2nnc(Cc3ccccc3)c3ccccc23)nc1)C1CC1. The largest absolute Gasteiger partial charge is 0.388 e. The van der Waals surface area contributed by atoms with E-state index in [0.717, 1.165) is 52.9 Å². The van der Waals surface area contributed by atoms with Crippen molar-refractivity contribution >= 4 is 22.4 Å². The average molecular weight is 426 g/mol. The number of pyridine rings is 1. The molecule has 2 heterocycles. The van der Waals surface area contributed by atoms with Crippen molar-refractivity contribution in [3.8, 4) is 0 Å². The maximum atomic E-state index is 10.2. The number of anilines is 2. The van der Waals surface area contributed by atoms with Crippen LogP contribution in [0.1, 0.15) is 35.8 Å². The fourth-order valence-electron chi connectivity index (χ4n) is 3.95. The Morgan fingerprint density at radius 2 is 1.59 bits per heavy atom. The van der Waals surface area contributed by atoms with Gasteiger partial charge in [0, 0.05) is 36.5 Å². The highest BCUT2D eigenvalue weighted by Crippen LogP contribution is 2.40. The number of rotatable bonds is 9. The van der Waals surface area contributed by atoms with Gasteiger partial charge in [0.2, 0.25) is 0 Å². The van der Waals surface area contributed by atoms with E-state index in [2.05, 4.69) is 50.1 Å². The maximum Gasteiger partial charge on any atom is 0.156 e. The van der Waals surface area contributed by atoms with Crippen LogP contribution < -0.4 is 10.6 Å². The third-order valence-corrected chi connectivity index (χ3v) is 5.90. The van der Waals surface area contributed by atoms with E-state index >= 15 is 0 Å². The summed E-state index contributed by atoms with van der Waals surface area (Å²) in [5.41, 5.74) is 3.10. The summed E-state index contributed by atoms with van der Waals surface area (Å²) in [4.78, 5) is 4.43. The van der Waals surface area contributed by atoms with E-state index in [9.17, 15) is 5.11 Å². The van der Waals surface area contributed by atoms with Gasteiger partial charge >= 0.3 is 0 Å². The van der Waals surface area contributed by atoms with Crippen LogP contribution in [0.2, 0.25) is 0 Å². The van der Waals surface area contributed by atoms with Gasteiger partial charge in [-0.25, -0.2) is 4.98 Å². The number of nitrogens with zero attached hydrogens (tertiary/aromatic N) is 3. The highest BCUT2D eigenvalue weighted by Gasteiger charge is 2.30. The molecule has 0 saturated heterocycles. The molecular formula is C26H27N5O. The van der Waals surface area contributed by atoms with E-state index < -0.39 is 0 Å². The molecule has 0 spiro atoms. The third-order valence-electron chi connectivity index (χ3n) is 5.90. The first-order chi connectivity index (χ1) is 15.8. The lowest BCUT2D eigenvalue weighted by atomic mass is 10.0. The fourth-order valence-corrected chi connectivity index (χ4v) is 3.95. The first kappa shape index (κ1) is 20.4. The lowest BCUT2D eigenvalue weighted by Gasteiger charge is -2.12. The van der Waals surface area contributed by atoms with Crippen LogP contribution in [0.4, 0.5) is 11.6 Å². The number of aliphatic hydroxyl groups excluding tert-OH is 1. The smallest absolute Gasteiger partial charge is 0.156 e. The molecule has 6 nitrogen and oxygen atoms in total. The zero-order valence-corrected chi connectivity index (χ0v) is 17.9. The molecule has 1 unspecified atom stereocenters. The molecule has 1 fully saturated rings. The van der Waals surface area contributed by atoms with Crippen molar-refractivity contribution in [2.24, 2.45) is 5.92 Å². The van der Waals surface area contributed by atoms with Gasteiger partial charge in [0.05, 0.1) is 11.8 Å². The highest BCUT2D eigenvalue weighted by atomic mass is 16.3. The summed E-state index contributed by atoms with van der Waals surface area (Å²) in [6, 6.07) is 22.5. The van der Waals surface area contributed by atoms with Crippen LogP contribution in [0.3, 0.4) is 0 Å². The first-order valence-electron chi connectivity index (χ1n) is 11.2. The van der Waals surface area contributed by atoms with Crippen molar-refractivity contribution in [3.05, 3.63) is 89.7 Å². The zero-order chi connectivity index (χ0) is 21.8. The predicted octanol–water partition coefficient (Wildman–Crippen LogP) is 4.58. The molecule has 1 aliphatic carbocycles. The Bertz CT molecular complexity index is 1180. The van der Waals surface area contributed by atoms with Crippen LogP contribution in [0.25, 0.3) is 10.8 Å². The summed E-state index contributed by atoms with van der Waals surface area (Å²) in [7, 11) is 0. The minimum atomic E-state index is -0.380. The van der Waals surface area contributed by atoms with Crippen LogP contribution in [0, 0.1) is 5.92 Å². The van der Waals surface area contributed by atoms with Crippen LogP contribution in [0.5, 0.6) is 0 Å². The van der Waals surface area contributed by atoms with E-state index in [1.165, 1.54) is 5.56 Å². The molecule has 0 radical (unpaired) electrons. The average Bonchev–Trinajstić information content (AvgIpc) is 3.69. The summed E-state index contributed by atoms with van der Waals surface area (Å²) in [6.45, 7) is 1.38. The number of fused-ring (bicyclic) bond motifs is 1. The number of aliphatic hydroxyl groups is 1. The summed E-state index contributed by atoms with van der Waals surface area (Å²) in [6.07, 6.45) is 4.36. The quantitative estimate of drug-likeness (QED) is 0.341. The van der Waals surface area contributed by atoms with Gasteiger partial charge in [-0.1, -0.05) is 60.7 Å². The Hall–Kier alpha value is -3.51. The minimum absolute atomic E-state index is 0.380. The van der Waals surface area contributed by atoms with Crippen LogP contribution in [-0.2, 0) is 6.42 Å². The molecule has 2 aromatic carbocycles. The monoisotopic (exact) mass is 425 g/mol. The molecule has 1 aliphatic rings. The second-order valence-corrected chi connectivity index (χ2v) is 8.32. The van der Waals surface area contributed by atoms with Gasteiger partial charge < -0.3 is 15.7 Å². The van der Waals surface area contributed by atoms with Crippen LogP contribution in [0.15, 0.2) is 72.9 Å². The molecule has 1 saturated carbocycles. The van der Waals surface area contributed by atoms with Crippen LogP contribution in [-0.4, -0.2) is 33.4 Å². The number of benzene rings is 2. The summed E-state index contributed by atoms with van der Waals surface area (Å²) >= 11 is 0. The zero-order valence-electron chi connectivity index (χ0n) is 17.9. The molecule has 6 heteroatoms. The first-order valence-corrected chi connectivity index (χ1v) is 11.2. The fraction of sp³-hybridized carbons (Fsp3) is 0.269. The number of nitrogens with one attached hydrogen (secondary N) is 2. The molecule has 162 valence electrons. The van der Waals surface area contributed by atoms with Crippen molar-refractivity contribution in [3.63, 3.8) is 0 Å². The topological polar surface area (TPSA) is 83.0 Å². The molecule has 4 aromatic rings. The van der Waals surface area contributed by atoms with Gasteiger partial charge in [0.15, 0.2) is 5.82 Å². The second-order valence-electron chi connectivity index (χ2n) is 8.32. The van der Waals surface area contributed by atoms with Crippen molar-refractivity contribution in [1.82, 2.24) is 15.2 Å². The molecule has 0 aliphatic heterocycles. The Morgan fingerprint density at radius 1 is 0.844 bits per heavy atom. The molecule has 32 heavy (non-hydrogen) atoms. The Labute approximate surface area is 187 Å². The maximum absolute atomic E-state index is 10.2. The highest BCUT2D eigenvalue weighted by molar-refractivity contribution is 5.93. The normalized spacial score (nSPS) is 14.3. The second kappa shape index (κ2) is 9.32. The van der Waals surface area contributed by atoms with Gasteiger partial charge in [-0.05, 0) is 36.0 Å². The van der Waals surface area contributed by atoms with Crippen molar-refractivity contribution < 1.29 is 5.11 Å². The molecule has 5 rings (SSSR count). The third kappa shape index (κ3) is 4.70. The van der Waals surface area contributed by atoms with Gasteiger partial charge in [0.25, 0.3) is 0 Å². The molecule has 1 atom stereocenters. The summed E-state index contributed by atoms with van der Waals surface area (Å²) in [5, 5.41) is 28.1. The molecule has 0 amide bonds. The predicted molar refractivity (Wildman–Crippen MR) is 128 cm³/mol. The number of hydrogen-bond donors (Lipinski definition) is 3. The van der Waals surface area contributed by atoms with Gasteiger partial charge in [-0.15, -0.1) is 5.10 Å². The molecule has 3 N–H and O–H groups in total. The number of aromatic nitrogens is 3. The van der Waals surface area contributed by atoms with Gasteiger partial charge in [0.1, 0.15) is 5.82 Å². The standard InChI is InChI=1S/C26H27N5O/c32-25(19-10-11-19)20-12-13-24(29-17-20)27-14-15-28-26-22-9-5-4-8-21(22)23(30-31-26)16-18-6-2-1-3-7-18/h1-9,12-13,17,19,25,32H,10-11,14-16H2,(H,27,29)(H,28,31). The molecular weight excluding hydrogens is 398 g/mol. The van der Waals surface area contributed by atoms with E-state index in [-0.39, 0.29) is 6.10 Å². The van der Waals surface area contributed by atoms with Crippen molar-refractivity contribution in [2.45, 2.75) is 25.4 Å². The molecule has 0 bridgehead atoms. The lowest BCUT2D eigenvalue weighted by Crippen LogP contribution is -2.16. The Kier molecular flexibility index (Phi) is 5.94. The Balaban J connectivity index is 1.20. The van der Waals surface area contributed by atoms with E-state index in [0.29, 0.717) is 19.0 Å². The van der Waals surface area contributed by atoms with Gasteiger partial charge in [-0.3, -0.25) is 0 Å². The Morgan fingerprint density at radius 3 is 2.34 bits per heavy atom. The van der Waals surface area contributed by atoms with E-state index in [4.69, 9.17) is 0 Å². The van der Waals surface area contributed by atoms with Crippen molar-refractivity contribution in [1.29, 1.82) is 0 Å². The summed E-state index contributed by atoms with van der Waals surface area (Å²) in [5.74, 6) is 2.00.